The zero-order chi connectivity index (χ0) is 25.5. The van der Waals surface area contributed by atoms with E-state index in [1.807, 2.05) is 18.2 Å². The van der Waals surface area contributed by atoms with E-state index in [0.29, 0.717) is 0 Å². The fourth-order valence-electron chi connectivity index (χ4n) is 5.46. The number of hydrogen-bond donors (Lipinski definition) is 0. The third-order valence-corrected chi connectivity index (χ3v) is 7.15. The molecule has 0 aliphatic carbocycles. The van der Waals surface area contributed by atoms with Gasteiger partial charge in [-0.05, 0) is 36.2 Å². The Morgan fingerprint density at radius 1 is 0.632 bits per heavy atom. The highest BCUT2D eigenvalue weighted by Crippen LogP contribution is 2.48. The van der Waals surface area contributed by atoms with Crippen molar-refractivity contribution in [1.29, 1.82) is 0 Å². The van der Waals surface area contributed by atoms with Crippen LogP contribution in [0, 0.1) is 0 Å². The Kier molecular flexibility index (Phi) is 5.48. The number of para-hydroxylation sites is 2. The summed E-state index contributed by atoms with van der Waals surface area (Å²) in [5.74, 6) is 0.856. The lowest BCUT2D eigenvalue weighted by Gasteiger charge is -2.12. The van der Waals surface area contributed by atoms with Crippen molar-refractivity contribution in [2.24, 2.45) is 0 Å². The summed E-state index contributed by atoms with van der Waals surface area (Å²) in [6.07, 6.45) is 1.95. The summed E-state index contributed by atoms with van der Waals surface area (Å²) in [5.41, 5.74) is 9.10. The van der Waals surface area contributed by atoms with E-state index in [9.17, 15) is 0 Å². The van der Waals surface area contributed by atoms with Crippen molar-refractivity contribution < 1.29 is 4.42 Å². The van der Waals surface area contributed by atoms with Crippen LogP contribution in [0.2, 0.25) is 0 Å². The van der Waals surface area contributed by atoms with Crippen LogP contribution in [-0.4, -0.2) is 9.97 Å². The van der Waals surface area contributed by atoms with Gasteiger partial charge in [0.1, 0.15) is 11.3 Å². The summed E-state index contributed by atoms with van der Waals surface area (Å²) in [5, 5.41) is 3.16. The van der Waals surface area contributed by atoms with Gasteiger partial charge in [-0.3, -0.25) is 4.98 Å². The van der Waals surface area contributed by atoms with Crippen molar-refractivity contribution in [1.82, 2.24) is 9.97 Å². The Morgan fingerprint density at radius 2 is 1.24 bits per heavy atom. The first-order chi connectivity index (χ1) is 18.8. The van der Waals surface area contributed by atoms with Crippen molar-refractivity contribution in [2.75, 3.05) is 0 Å². The maximum atomic E-state index is 6.90. The lowest BCUT2D eigenvalue weighted by Crippen LogP contribution is -1.95. The van der Waals surface area contributed by atoms with Gasteiger partial charge in [-0.1, -0.05) is 104 Å². The van der Waals surface area contributed by atoms with Gasteiger partial charge >= 0.3 is 0 Å². The van der Waals surface area contributed by atoms with Crippen LogP contribution in [0.15, 0.2) is 120 Å². The summed E-state index contributed by atoms with van der Waals surface area (Å²) >= 11 is 0. The maximum absolute atomic E-state index is 6.90. The number of hydrogen-bond acceptors (Lipinski definition) is 3. The standard InChI is InChI=1S/C35H26N2O/c1-2-13-25-22-28(26-18-9-11-20-29(26)36-25)31-32-33(23-14-5-3-6-15-23)37-30-21-12-10-19-27(30)35(32)38-34(31)24-16-7-4-8-17-24/h3-12,14-22H,2,13H2,1H3. The van der Waals surface area contributed by atoms with E-state index in [1.165, 1.54) is 0 Å². The lowest BCUT2D eigenvalue weighted by molar-refractivity contribution is 0.636. The van der Waals surface area contributed by atoms with Crippen LogP contribution in [0.4, 0.5) is 0 Å². The molecule has 7 aromatic rings. The second-order valence-electron chi connectivity index (χ2n) is 9.65. The highest BCUT2D eigenvalue weighted by Gasteiger charge is 2.25. The quantitative estimate of drug-likeness (QED) is 0.241. The number of fused-ring (bicyclic) bond motifs is 4. The van der Waals surface area contributed by atoms with Gasteiger partial charge < -0.3 is 4.42 Å². The number of aromatic nitrogens is 2. The normalized spacial score (nSPS) is 11.5. The highest BCUT2D eigenvalue weighted by atomic mass is 16.3. The minimum Gasteiger partial charge on any atom is -0.455 e. The highest BCUT2D eigenvalue weighted by molar-refractivity contribution is 6.19. The molecule has 3 nitrogen and oxygen atoms in total. The van der Waals surface area contributed by atoms with E-state index in [-0.39, 0.29) is 0 Å². The van der Waals surface area contributed by atoms with Gasteiger partial charge in [0, 0.05) is 33.2 Å². The van der Waals surface area contributed by atoms with Crippen molar-refractivity contribution in [3.05, 3.63) is 121 Å². The number of aryl methyl sites for hydroxylation is 1. The topological polar surface area (TPSA) is 38.9 Å². The van der Waals surface area contributed by atoms with Gasteiger partial charge in [0.2, 0.25) is 0 Å². The minimum absolute atomic E-state index is 0.856. The first-order valence-corrected chi connectivity index (χ1v) is 13.2. The zero-order valence-corrected chi connectivity index (χ0v) is 21.2. The molecule has 0 fully saturated rings. The van der Waals surface area contributed by atoms with E-state index < -0.39 is 0 Å². The van der Waals surface area contributed by atoms with E-state index >= 15 is 0 Å². The van der Waals surface area contributed by atoms with Gasteiger partial charge in [0.25, 0.3) is 0 Å². The predicted molar refractivity (Wildman–Crippen MR) is 157 cm³/mol. The number of benzene rings is 4. The second-order valence-corrected chi connectivity index (χ2v) is 9.65. The first-order valence-electron chi connectivity index (χ1n) is 13.2. The van der Waals surface area contributed by atoms with Gasteiger partial charge in [-0.25, -0.2) is 4.98 Å². The number of nitrogens with zero attached hydrogens (tertiary/aromatic N) is 2. The molecular weight excluding hydrogens is 464 g/mol. The molecule has 0 radical (unpaired) electrons. The molecule has 0 unspecified atom stereocenters. The third kappa shape index (κ3) is 3.67. The van der Waals surface area contributed by atoms with Crippen LogP contribution in [0.3, 0.4) is 0 Å². The summed E-state index contributed by atoms with van der Waals surface area (Å²) < 4.78 is 6.90. The molecule has 0 amide bonds. The minimum atomic E-state index is 0.856. The molecule has 3 aromatic heterocycles. The van der Waals surface area contributed by atoms with Crippen molar-refractivity contribution in [3.63, 3.8) is 0 Å². The first kappa shape index (κ1) is 22.4. The molecule has 7 rings (SSSR count). The Hall–Kier alpha value is -4.76. The SMILES string of the molecule is CCCc1cc(-c2c(-c3ccccc3)oc3c2c(-c2ccccc2)nc2ccccc23)c2ccccc2n1. The average Bonchev–Trinajstić information content (AvgIpc) is 3.38. The molecule has 0 spiro atoms. The largest absolute Gasteiger partial charge is 0.455 e. The molecule has 0 N–H and O–H groups in total. The monoisotopic (exact) mass is 490 g/mol. The van der Waals surface area contributed by atoms with Crippen molar-refractivity contribution in [2.45, 2.75) is 19.8 Å². The molecule has 0 saturated carbocycles. The molecule has 0 aliphatic heterocycles. The van der Waals surface area contributed by atoms with Crippen molar-refractivity contribution in [3.8, 4) is 33.7 Å². The van der Waals surface area contributed by atoms with E-state index in [2.05, 4.69) is 104 Å². The molecule has 182 valence electrons. The Bertz CT molecular complexity index is 1920. The summed E-state index contributed by atoms with van der Waals surface area (Å²) in [6, 6.07) is 39.8. The molecule has 3 heteroatoms. The van der Waals surface area contributed by atoms with Crippen LogP contribution in [0.1, 0.15) is 19.0 Å². The summed E-state index contributed by atoms with van der Waals surface area (Å²) in [4.78, 5) is 10.2. The van der Waals surface area contributed by atoms with Gasteiger partial charge in [0.05, 0.1) is 22.1 Å². The Labute approximate surface area is 221 Å². The van der Waals surface area contributed by atoms with E-state index in [1.54, 1.807) is 0 Å². The fraction of sp³-hybridized carbons (Fsp3) is 0.0857. The zero-order valence-electron chi connectivity index (χ0n) is 21.2. The molecule has 0 atom stereocenters. The Balaban J connectivity index is 1.71. The molecule has 0 saturated heterocycles. The van der Waals surface area contributed by atoms with Gasteiger partial charge in [0.15, 0.2) is 0 Å². The predicted octanol–water partition coefficient (Wildman–Crippen LogP) is 9.48. The van der Waals surface area contributed by atoms with Crippen LogP contribution >= 0.6 is 0 Å². The van der Waals surface area contributed by atoms with Crippen LogP contribution < -0.4 is 0 Å². The number of furan rings is 1. The van der Waals surface area contributed by atoms with Gasteiger partial charge in [-0.15, -0.1) is 0 Å². The van der Waals surface area contributed by atoms with Crippen molar-refractivity contribution >= 4 is 32.8 Å². The smallest absolute Gasteiger partial charge is 0.147 e. The van der Waals surface area contributed by atoms with Crippen LogP contribution in [-0.2, 0) is 6.42 Å². The van der Waals surface area contributed by atoms with Gasteiger partial charge in [-0.2, -0.15) is 0 Å². The lowest BCUT2D eigenvalue weighted by atomic mass is 9.92. The molecule has 38 heavy (non-hydrogen) atoms. The number of rotatable bonds is 5. The van der Waals surface area contributed by atoms with E-state index in [0.717, 1.165) is 85.0 Å². The molecule has 4 aromatic carbocycles. The molecule has 0 bridgehead atoms. The summed E-state index contributed by atoms with van der Waals surface area (Å²) in [6.45, 7) is 2.20. The number of pyridine rings is 2. The molecular formula is C35H26N2O. The second kappa shape index (κ2) is 9.28. The van der Waals surface area contributed by atoms with Crippen LogP contribution in [0.5, 0.6) is 0 Å². The van der Waals surface area contributed by atoms with E-state index in [4.69, 9.17) is 14.4 Å². The Morgan fingerprint density at radius 3 is 1.95 bits per heavy atom. The maximum Gasteiger partial charge on any atom is 0.147 e. The van der Waals surface area contributed by atoms with Crippen LogP contribution in [0.25, 0.3) is 66.5 Å². The molecule has 0 aliphatic rings. The molecule has 3 heterocycles. The fourth-order valence-corrected chi connectivity index (χ4v) is 5.46. The summed E-state index contributed by atoms with van der Waals surface area (Å²) in [7, 11) is 0. The average molecular weight is 491 g/mol. The third-order valence-electron chi connectivity index (χ3n) is 7.15.